The second-order valence-corrected chi connectivity index (χ2v) is 7.64. The van der Waals surface area contributed by atoms with Crippen LogP contribution in [0.1, 0.15) is 36.6 Å². The molecule has 1 aliphatic heterocycles. The number of ether oxygens (including phenoxy) is 1. The Labute approximate surface area is 170 Å². The smallest absolute Gasteiger partial charge is 0.295 e. The van der Waals surface area contributed by atoms with E-state index in [4.69, 9.17) is 4.74 Å². The van der Waals surface area contributed by atoms with Crippen LogP contribution < -0.4 is 4.74 Å². The molecule has 6 nitrogen and oxygen atoms in total. The molecule has 1 aliphatic rings. The van der Waals surface area contributed by atoms with Crippen molar-refractivity contribution >= 4 is 17.4 Å². The molecule has 2 N–H and O–H groups in total. The topological polar surface area (TPSA) is 87.1 Å². The molecule has 0 unspecified atom stereocenters. The van der Waals surface area contributed by atoms with Gasteiger partial charge in [-0.3, -0.25) is 9.59 Å². The van der Waals surface area contributed by atoms with Crippen molar-refractivity contribution < 1.29 is 24.5 Å². The van der Waals surface area contributed by atoms with Gasteiger partial charge in [0.15, 0.2) is 11.5 Å². The average Bonchev–Trinajstić information content (AvgIpc) is 2.93. The molecule has 6 heteroatoms. The first-order chi connectivity index (χ1) is 13.7. The van der Waals surface area contributed by atoms with Gasteiger partial charge in [0.25, 0.3) is 11.7 Å². The molecular formula is C23H25NO5. The van der Waals surface area contributed by atoms with Crippen molar-refractivity contribution in [3.05, 3.63) is 64.7 Å². The number of ketones is 1. The van der Waals surface area contributed by atoms with Crippen LogP contribution in [-0.4, -0.2) is 40.5 Å². The lowest BCUT2D eigenvalue weighted by molar-refractivity contribution is -0.140. The van der Waals surface area contributed by atoms with Gasteiger partial charge in [0.1, 0.15) is 5.76 Å². The number of aromatic hydroxyl groups is 1. The number of aryl methyl sites for hydroxylation is 1. The third kappa shape index (κ3) is 3.83. The summed E-state index contributed by atoms with van der Waals surface area (Å²) in [6.45, 7) is 6.18. The third-order valence-corrected chi connectivity index (χ3v) is 4.95. The van der Waals surface area contributed by atoms with Crippen LogP contribution >= 0.6 is 0 Å². The lowest BCUT2D eigenvalue weighted by Crippen LogP contribution is -2.33. The second kappa shape index (κ2) is 7.99. The number of carbonyl (C=O) groups is 2. The summed E-state index contributed by atoms with van der Waals surface area (Å²) in [5, 5.41) is 20.9. The molecule has 3 rings (SSSR count). The molecule has 1 atom stereocenters. The molecule has 0 saturated carbocycles. The van der Waals surface area contributed by atoms with Crippen molar-refractivity contribution in [2.45, 2.75) is 26.8 Å². The number of rotatable bonds is 5. The molecule has 0 aliphatic carbocycles. The average molecular weight is 395 g/mol. The van der Waals surface area contributed by atoms with E-state index in [1.807, 2.05) is 32.9 Å². The highest BCUT2D eigenvalue weighted by Gasteiger charge is 2.46. The van der Waals surface area contributed by atoms with Crippen LogP contribution in [0.2, 0.25) is 0 Å². The van der Waals surface area contributed by atoms with Crippen LogP contribution in [0, 0.1) is 12.8 Å². The number of aliphatic hydroxyl groups is 1. The van der Waals surface area contributed by atoms with E-state index in [1.54, 1.807) is 24.3 Å². The fraction of sp³-hybridized carbons (Fsp3) is 0.304. The molecule has 0 bridgehead atoms. The van der Waals surface area contributed by atoms with Gasteiger partial charge in [0, 0.05) is 12.1 Å². The minimum atomic E-state index is -0.770. The molecule has 0 radical (unpaired) electrons. The summed E-state index contributed by atoms with van der Waals surface area (Å²) in [5.74, 6) is -1.28. The second-order valence-electron chi connectivity index (χ2n) is 7.64. The van der Waals surface area contributed by atoms with Crippen molar-refractivity contribution in [1.82, 2.24) is 4.90 Å². The number of phenolic OH excluding ortho intramolecular Hbond substituents is 1. The minimum absolute atomic E-state index is 0.0345. The summed E-state index contributed by atoms with van der Waals surface area (Å²) in [4.78, 5) is 27.2. The Morgan fingerprint density at radius 3 is 2.38 bits per heavy atom. The molecule has 1 heterocycles. The van der Waals surface area contributed by atoms with Gasteiger partial charge < -0.3 is 19.8 Å². The van der Waals surface area contributed by atoms with E-state index in [-0.39, 0.29) is 28.7 Å². The quantitative estimate of drug-likeness (QED) is 0.457. The van der Waals surface area contributed by atoms with Crippen LogP contribution in [-0.2, 0) is 9.59 Å². The number of likely N-dealkylation sites (tertiary alicyclic amines) is 1. The monoisotopic (exact) mass is 395 g/mol. The van der Waals surface area contributed by atoms with Gasteiger partial charge >= 0.3 is 0 Å². The number of hydrogen-bond donors (Lipinski definition) is 2. The normalized spacial score (nSPS) is 18.5. The number of amides is 1. The molecule has 1 saturated heterocycles. The van der Waals surface area contributed by atoms with Gasteiger partial charge in [0.2, 0.25) is 0 Å². The zero-order chi connectivity index (χ0) is 21.3. The Bertz CT molecular complexity index is 975. The summed E-state index contributed by atoms with van der Waals surface area (Å²) in [6, 6.07) is 11.0. The maximum absolute atomic E-state index is 12.9. The van der Waals surface area contributed by atoms with E-state index < -0.39 is 17.7 Å². The molecule has 1 amide bonds. The van der Waals surface area contributed by atoms with Gasteiger partial charge in [-0.25, -0.2) is 0 Å². The number of benzene rings is 2. The lowest BCUT2D eigenvalue weighted by Gasteiger charge is -2.27. The van der Waals surface area contributed by atoms with E-state index in [1.165, 1.54) is 18.1 Å². The largest absolute Gasteiger partial charge is 0.507 e. The Kier molecular flexibility index (Phi) is 5.64. The van der Waals surface area contributed by atoms with Crippen molar-refractivity contribution in [2.24, 2.45) is 5.92 Å². The molecule has 0 spiro atoms. The zero-order valence-electron chi connectivity index (χ0n) is 17.0. The highest BCUT2D eigenvalue weighted by molar-refractivity contribution is 6.46. The number of methoxy groups -OCH3 is 1. The first kappa shape index (κ1) is 20.5. The highest BCUT2D eigenvalue weighted by atomic mass is 16.5. The summed E-state index contributed by atoms with van der Waals surface area (Å²) in [5.41, 5.74) is 2.09. The maximum Gasteiger partial charge on any atom is 0.295 e. The lowest BCUT2D eigenvalue weighted by atomic mass is 9.94. The highest BCUT2D eigenvalue weighted by Crippen LogP contribution is 2.42. The SMILES string of the molecule is COc1cc([C@@H]2C(=C(O)c3ccc(C)cc3)C(=O)C(=O)N2CC(C)C)ccc1O. The number of nitrogens with zero attached hydrogens (tertiary/aromatic N) is 1. The first-order valence-electron chi connectivity index (χ1n) is 9.47. The van der Waals surface area contributed by atoms with Crippen molar-refractivity contribution in [1.29, 1.82) is 0 Å². The number of aliphatic hydroxyl groups excluding tert-OH is 1. The van der Waals surface area contributed by atoms with E-state index in [2.05, 4.69) is 0 Å². The fourth-order valence-corrected chi connectivity index (χ4v) is 3.54. The molecule has 152 valence electrons. The van der Waals surface area contributed by atoms with Gasteiger partial charge in [-0.15, -0.1) is 0 Å². The van der Waals surface area contributed by atoms with E-state index in [9.17, 15) is 19.8 Å². The number of Topliss-reactive ketones (excluding diaryl/α,β-unsaturated/α-hetero) is 1. The summed E-state index contributed by atoms with van der Waals surface area (Å²) >= 11 is 0. The van der Waals surface area contributed by atoms with Crippen LogP contribution in [0.3, 0.4) is 0 Å². The Hall–Kier alpha value is -3.28. The predicted molar refractivity (Wildman–Crippen MR) is 110 cm³/mol. The van der Waals surface area contributed by atoms with Crippen molar-refractivity contribution in [3.63, 3.8) is 0 Å². The summed E-state index contributed by atoms with van der Waals surface area (Å²) < 4.78 is 5.19. The summed E-state index contributed by atoms with van der Waals surface area (Å²) in [7, 11) is 1.43. The van der Waals surface area contributed by atoms with Crippen LogP contribution in [0.5, 0.6) is 11.5 Å². The standard InChI is InChI=1S/C23H25NO5/c1-13(2)12-24-20(16-9-10-17(25)18(11-16)29-4)19(22(27)23(24)28)21(26)15-7-5-14(3)6-8-15/h5-11,13,20,25-26H,12H2,1-4H3/t20-/m1/s1. The van der Waals surface area contributed by atoms with Crippen molar-refractivity contribution in [2.75, 3.05) is 13.7 Å². The van der Waals surface area contributed by atoms with Crippen LogP contribution in [0.4, 0.5) is 0 Å². The molecule has 0 aromatic heterocycles. The third-order valence-electron chi connectivity index (χ3n) is 4.95. The Balaban J connectivity index is 2.21. The number of hydrogen-bond acceptors (Lipinski definition) is 5. The fourth-order valence-electron chi connectivity index (χ4n) is 3.54. The maximum atomic E-state index is 12.9. The van der Waals surface area contributed by atoms with Gasteiger partial charge in [-0.1, -0.05) is 49.7 Å². The van der Waals surface area contributed by atoms with Gasteiger partial charge in [-0.05, 0) is 30.5 Å². The Morgan fingerprint density at radius 2 is 1.79 bits per heavy atom. The van der Waals surface area contributed by atoms with Crippen LogP contribution in [0.25, 0.3) is 5.76 Å². The number of carbonyl (C=O) groups excluding carboxylic acids is 2. The van der Waals surface area contributed by atoms with Gasteiger partial charge in [-0.2, -0.15) is 0 Å². The van der Waals surface area contributed by atoms with Crippen molar-refractivity contribution in [3.8, 4) is 11.5 Å². The van der Waals surface area contributed by atoms with E-state index >= 15 is 0 Å². The molecule has 29 heavy (non-hydrogen) atoms. The minimum Gasteiger partial charge on any atom is -0.507 e. The van der Waals surface area contributed by atoms with E-state index in [0.29, 0.717) is 17.7 Å². The zero-order valence-corrected chi connectivity index (χ0v) is 17.0. The molecule has 2 aromatic rings. The first-order valence-corrected chi connectivity index (χ1v) is 9.47. The van der Waals surface area contributed by atoms with Crippen LogP contribution in [0.15, 0.2) is 48.0 Å². The molecular weight excluding hydrogens is 370 g/mol. The number of phenols is 1. The molecule has 1 fully saturated rings. The van der Waals surface area contributed by atoms with Gasteiger partial charge in [0.05, 0.1) is 18.7 Å². The summed E-state index contributed by atoms with van der Waals surface area (Å²) in [6.07, 6.45) is 0. The predicted octanol–water partition coefficient (Wildman–Crippen LogP) is 3.79. The van der Waals surface area contributed by atoms with E-state index in [0.717, 1.165) is 5.56 Å². The Morgan fingerprint density at radius 1 is 1.14 bits per heavy atom. The molecule has 2 aromatic carbocycles.